The van der Waals surface area contributed by atoms with Gasteiger partial charge in [0, 0.05) is 17.3 Å². The van der Waals surface area contributed by atoms with Crippen molar-refractivity contribution in [3.05, 3.63) is 11.6 Å². The van der Waals surface area contributed by atoms with E-state index in [1.54, 1.807) is 13.8 Å². The van der Waals surface area contributed by atoms with E-state index in [1.807, 2.05) is 19.9 Å². The highest BCUT2D eigenvalue weighted by Crippen LogP contribution is 2.73. The second kappa shape index (κ2) is 7.89. The minimum Gasteiger partial charge on any atom is -0.459 e. The number of cyclic esters (lactones) is 1. The molecule has 1 aliphatic heterocycles. The quantitative estimate of drug-likeness (QED) is 0.489. The number of allylic oxidation sites excluding steroid dienone is 2. The van der Waals surface area contributed by atoms with Gasteiger partial charge >= 0.3 is 5.97 Å². The van der Waals surface area contributed by atoms with Crippen molar-refractivity contribution >= 4 is 11.8 Å². The van der Waals surface area contributed by atoms with E-state index in [2.05, 4.69) is 20.8 Å². The Morgan fingerprint density at radius 3 is 2.25 bits per heavy atom. The van der Waals surface area contributed by atoms with E-state index in [-0.39, 0.29) is 40.3 Å². The van der Waals surface area contributed by atoms with Crippen LogP contribution < -0.4 is 0 Å². The van der Waals surface area contributed by atoms with Gasteiger partial charge in [0.05, 0.1) is 23.7 Å². The molecule has 0 aromatic rings. The number of fused-ring (bicyclic) bond motifs is 5. The van der Waals surface area contributed by atoms with E-state index in [0.29, 0.717) is 25.7 Å². The van der Waals surface area contributed by atoms with Gasteiger partial charge in [0.15, 0.2) is 5.78 Å². The van der Waals surface area contributed by atoms with Crippen LogP contribution >= 0.6 is 0 Å². The number of hydrogen-bond donors (Lipinski definition) is 3. The summed E-state index contributed by atoms with van der Waals surface area (Å²) in [5, 5.41) is 32.7. The lowest BCUT2D eigenvalue weighted by molar-refractivity contribution is -0.185. The molecule has 202 valence electrons. The standard InChI is InChI=1S/C30H46O6/c1-26(2)21(33)11-12-28(5)17-10-13-29(6)23(16-8-9-22(27(3,4)35)36-25(16)34)20(32)15-30(29,7)18(17)14-19(31)24(26)28/h14,16-17,20-24,32-33,35H,8-13,15H2,1-7H3/t16?,17-,20-,21-,22-,23+,24-,28+,29-,30+/m0/s1. The molecule has 0 aromatic heterocycles. The lowest BCUT2D eigenvalue weighted by Gasteiger charge is -2.63. The first-order chi connectivity index (χ1) is 16.5. The minimum atomic E-state index is -1.09. The van der Waals surface area contributed by atoms with Gasteiger partial charge in [-0.3, -0.25) is 9.59 Å². The van der Waals surface area contributed by atoms with E-state index in [9.17, 15) is 24.9 Å². The number of ketones is 1. The van der Waals surface area contributed by atoms with E-state index in [4.69, 9.17) is 4.74 Å². The van der Waals surface area contributed by atoms with Crippen molar-refractivity contribution in [1.29, 1.82) is 0 Å². The van der Waals surface area contributed by atoms with Gasteiger partial charge in [-0.2, -0.15) is 0 Å². The van der Waals surface area contributed by atoms with Crippen molar-refractivity contribution in [1.82, 2.24) is 0 Å². The lowest BCUT2D eigenvalue weighted by atomic mass is 9.40. The Balaban J connectivity index is 1.51. The Labute approximate surface area is 215 Å². The maximum Gasteiger partial charge on any atom is 0.309 e. The average Bonchev–Trinajstić information content (AvgIpc) is 2.96. The Kier molecular flexibility index (Phi) is 5.78. The summed E-state index contributed by atoms with van der Waals surface area (Å²) in [5.74, 6) is -0.841. The summed E-state index contributed by atoms with van der Waals surface area (Å²) in [4.78, 5) is 27.0. The largest absolute Gasteiger partial charge is 0.459 e. The fourth-order valence-electron chi connectivity index (χ4n) is 9.97. The first-order valence-corrected chi connectivity index (χ1v) is 14.0. The Bertz CT molecular complexity index is 992. The molecule has 5 rings (SSSR count). The minimum absolute atomic E-state index is 0.112. The highest BCUT2D eigenvalue weighted by molar-refractivity contribution is 5.95. The molecule has 1 unspecified atom stereocenters. The van der Waals surface area contributed by atoms with Gasteiger partial charge in [-0.1, -0.05) is 40.2 Å². The molecule has 0 radical (unpaired) electrons. The van der Waals surface area contributed by atoms with E-state index in [0.717, 1.165) is 24.8 Å². The molecular formula is C30H46O6. The Morgan fingerprint density at radius 2 is 1.64 bits per heavy atom. The topological polar surface area (TPSA) is 104 Å². The SMILES string of the molecule is CC(C)(O)[C@@H]1CCC([C@@H]2[C@@H](O)C[C@]3(C)C4=CC(=O)[C@H]5C(C)(C)[C@@H](O)CC[C@]5(C)[C@H]4CC[C@@]23C)C(=O)O1. The van der Waals surface area contributed by atoms with Crippen LogP contribution in [0.4, 0.5) is 0 Å². The Morgan fingerprint density at radius 1 is 0.972 bits per heavy atom. The van der Waals surface area contributed by atoms with E-state index >= 15 is 0 Å². The molecule has 0 aromatic carbocycles. The summed E-state index contributed by atoms with van der Waals surface area (Å²) in [7, 11) is 0. The van der Waals surface area contributed by atoms with Crippen LogP contribution in [0.3, 0.4) is 0 Å². The third-order valence-corrected chi connectivity index (χ3v) is 12.1. The number of hydrogen-bond acceptors (Lipinski definition) is 6. The predicted molar refractivity (Wildman–Crippen MR) is 136 cm³/mol. The Hall–Kier alpha value is -1.24. The molecule has 36 heavy (non-hydrogen) atoms. The number of ether oxygens (including phenoxy) is 1. The summed E-state index contributed by atoms with van der Waals surface area (Å²) in [6.45, 7) is 14.1. The number of aliphatic hydroxyl groups excluding tert-OH is 2. The van der Waals surface area contributed by atoms with Crippen LogP contribution in [0.25, 0.3) is 0 Å². The fraction of sp³-hybridized carbons (Fsp3) is 0.867. The van der Waals surface area contributed by atoms with Gasteiger partial charge in [0.2, 0.25) is 0 Å². The molecular weight excluding hydrogens is 456 g/mol. The second-order valence-corrected chi connectivity index (χ2v) is 14.7. The number of carbonyl (C=O) groups excluding carboxylic acids is 2. The highest BCUT2D eigenvalue weighted by Gasteiger charge is 2.69. The maximum absolute atomic E-state index is 13.8. The fourth-order valence-corrected chi connectivity index (χ4v) is 9.97. The zero-order valence-corrected chi connectivity index (χ0v) is 23.1. The van der Waals surface area contributed by atoms with Crippen molar-refractivity contribution < 1.29 is 29.6 Å². The van der Waals surface area contributed by atoms with Crippen LogP contribution in [-0.4, -0.2) is 51.0 Å². The average molecular weight is 503 g/mol. The predicted octanol–water partition coefficient (Wildman–Crippen LogP) is 4.20. The monoisotopic (exact) mass is 502 g/mol. The molecule has 0 spiro atoms. The zero-order valence-electron chi connectivity index (χ0n) is 23.1. The number of rotatable bonds is 2. The number of esters is 1. The number of carbonyl (C=O) groups is 2. The molecule has 6 nitrogen and oxygen atoms in total. The van der Waals surface area contributed by atoms with Crippen LogP contribution in [0.5, 0.6) is 0 Å². The smallest absolute Gasteiger partial charge is 0.309 e. The van der Waals surface area contributed by atoms with Gasteiger partial charge in [0.25, 0.3) is 0 Å². The van der Waals surface area contributed by atoms with Gasteiger partial charge < -0.3 is 20.1 Å². The van der Waals surface area contributed by atoms with Crippen molar-refractivity contribution in [3.63, 3.8) is 0 Å². The van der Waals surface area contributed by atoms with Crippen molar-refractivity contribution in [3.8, 4) is 0 Å². The zero-order chi connectivity index (χ0) is 26.6. The molecule has 6 heteroatoms. The summed E-state index contributed by atoms with van der Waals surface area (Å²) in [6, 6.07) is 0. The van der Waals surface area contributed by atoms with Crippen LogP contribution in [0.1, 0.15) is 93.4 Å². The summed E-state index contributed by atoms with van der Waals surface area (Å²) in [6.07, 6.45) is 5.24. The molecule has 3 N–H and O–H groups in total. The number of aliphatic hydroxyl groups is 3. The molecule has 5 aliphatic rings. The molecule has 0 amide bonds. The van der Waals surface area contributed by atoms with Crippen LogP contribution in [-0.2, 0) is 14.3 Å². The van der Waals surface area contributed by atoms with E-state index in [1.165, 1.54) is 0 Å². The van der Waals surface area contributed by atoms with Crippen LogP contribution in [0, 0.1) is 45.3 Å². The first kappa shape index (κ1) is 26.4. The second-order valence-electron chi connectivity index (χ2n) is 14.7. The van der Waals surface area contributed by atoms with Crippen molar-refractivity contribution in [2.75, 3.05) is 0 Å². The van der Waals surface area contributed by atoms with Crippen molar-refractivity contribution in [2.45, 2.75) is 117 Å². The molecule has 4 aliphatic carbocycles. The van der Waals surface area contributed by atoms with Crippen LogP contribution in [0.2, 0.25) is 0 Å². The third-order valence-electron chi connectivity index (χ3n) is 12.1. The molecule has 0 bridgehead atoms. The molecule has 10 atom stereocenters. The summed E-state index contributed by atoms with van der Waals surface area (Å²) in [5.41, 5.74) is -1.36. The van der Waals surface area contributed by atoms with E-state index < -0.39 is 40.7 Å². The molecule has 1 heterocycles. The normalized spacial score (nSPS) is 50.5. The molecule has 4 fully saturated rings. The lowest BCUT2D eigenvalue weighted by Crippen LogP contribution is -2.61. The van der Waals surface area contributed by atoms with Gasteiger partial charge in [-0.05, 0) is 87.0 Å². The highest BCUT2D eigenvalue weighted by atomic mass is 16.6. The third kappa shape index (κ3) is 3.32. The molecule has 1 saturated heterocycles. The van der Waals surface area contributed by atoms with Gasteiger partial charge in [0.1, 0.15) is 6.10 Å². The maximum atomic E-state index is 13.8. The summed E-state index contributed by atoms with van der Waals surface area (Å²) >= 11 is 0. The van der Waals surface area contributed by atoms with Gasteiger partial charge in [-0.25, -0.2) is 0 Å². The summed E-state index contributed by atoms with van der Waals surface area (Å²) < 4.78 is 5.73. The van der Waals surface area contributed by atoms with Crippen molar-refractivity contribution in [2.24, 2.45) is 45.3 Å². The first-order valence-electron chi connectivity index (χ1n) is 14.0. The van der Waals surface area contributed by atoms with Crippen LogP contribution in [0.15, 0.2) is 11.6 Å². The molecule has 3 saturated carbocycles. The van der Waals surface area contributed by atoms with Gasteiger partial charge in [-0.15, -0.1) is 0 Å².